The topological polar surface area (TPSA) is 98.9 Å². The summed E-state index contributed by atoms with van der Waals surface area (Å²) in [6, 6.07) is 11.7. The summed E-state index contributed by atoms with van der Waals surface area (Å²) in [5, 5.41) is 17.4. The standard InChI is InChI=1S/C26H32N4O5/c1-2-33-25-15-18(7-10-24(25)34-20-5-3-4-6-20)17-29-13-11-19(12-14-29)30-23-9-8-21(35-26(31)32)16-22(23)27-28-30/h7-10,15-16,19-20H,2-6,11-14,17H2,1H3,(H,31,32). The van der Waals surface area contributed by atoms with Crippen molar-refractivity contribution < 1.29 is 24.1 Å². The lowest BCUT2D eigenvalue weighted by Crippen LogP contribution is -2.34. The first-order valence-electron chi connectivity index (χ1n) is 12.5. The van der Waals surface area contributed by atoms with Crippen LogP contribution in [0.5, 0.6) is 17.2 Å². The normalized spacial score (nSPS) is 17.6. The maximum Gasteiger partial charge on any atom is 0.511 e. The monoisotopic (exact) mass is 480 g/mol. The largest absolute Gasteiger partial charge is 0.511 e. The Morgan fingerprint density at radius 1 is 1.06 bits per heavy atom. The van der Waals surface area contributed by atoms with Crippen molar-refractivity contribution >= 4 is 17.2 Å². The van der Waals surface area contributed by atoms with Gasteiger partial charge in [0.1, 0.15) is 11.3 Å². The van der Waals surface area contributed by atoms with E-state index in [2.05, 4.69) is 33.4 Å². The molecule has 0 spiro atoms. The maximum atomic E-state index is 10.8. The second-order valence-electron chi connectivity index (χ2n) is 9.30. The summed E-state index contributed by atoms with van der Waals surface area (Å²) in [5.74, 6) is 1.95. The van der Waals surface area contributed by atoms with Gasteiger partial charge in [0.15, 0.2) is 11.5 Å². The highest BCUT2D eigenvalue weighted by atomic mass is 16.7. The van der Waals surface area contributed by atoms with E-state index >= 15 is 0 Å². The number of hydrogen-bond acceptors (Lipinski definition) is 7. The summed E-state index contributed by atoms with van der Waals surface area (Å²) in [7, 11) is 0. The Balaban J connectivity index is 1.20. The summed E-state index contributed by atoms with van der Waals surface area (Å²) in [6.45, 7) is 5.40. The first kappa shape index (κ1) is 23.4. The Bertz CT molecular complexity index is 1170. The van der Waals surface area contributed by atoms with Crippen LogP contribution in [0, 0.1) is 0 Å². The van der Waals surface area contributed by atoms with Crippen LogP contribution in [0.15, 0.2) is 36.4 Å². The van der Waals surface area contributed by atoms with Gasteiger partial charge in [-0.1, -0.05) is 11.3 Å². The predicted octanol–water partition coefficient (Wildman–Crippen LogP) is 5.05. The molecule has 1 saturated heterocycles. The van der Waals surface area contributed by atoms with Crippen molar-refractivity contribution in [1.82, 2.24) is 19.9 Å². The van der Waals surface area contributed by atoms with Gasteiger partial charge in [-0.05, 0) is 75.3 Å². The molecule has 1 aliphatic carbocycles. The molecule has 1 saturated carbocycles. The number of carbonyl (C=O) groups is 1. The van der Waals surface area contributed by atoms with Crippen LogP contribution in [-0.4, -0.2) is 57.0 Å². The molecule has 186 valence electrons. The van der Waals surface area contributed by atoms with Gasteiger partial charge in [-0.3, -0.25) is 4.90 Å². The lowest BCUT2D eigenvalue weighted by molar-refractivity contribution is 0.144. The molecule has 9 heteroatoms. The van der Waals surface area contributed by atoms with Crippen LogP contribution in [0.25, 0.3) is 11.0 Å². The number of hydrogen-bond donors (Lipinski definition) is 1. The minimum Gasteiger partial charge on any atom is -0.490 e. The van der Waals surface area contributed by atoms with E-state index in [1.165, 1.54) is 18.4 Å². The second-order valence-corrected chi connectivity index (χ2v) is 9.30. The Labute approximate surface area is 204 Å². The quantitative estimate of drug-likeness (QED) is 0.353. The highest BCUT2D eigenvalue weighted by Crippen LogP contribution is 2.34. The number of fused-ring (bicyclic) bond motifs is 1. The van der Waals surface area contributed by atoms with Crippen LogP contribution < -0.4 is 14.2 Å². The third-order valence-electron chi connectivity index (χ3n) is 6.86. The van der Waals surface area contributed by atoms with E-state index in [1.807, 2.05) is 17.7 Å². The molecule has 2 aliphatic rings. The van der Waals surface area contributed by atoms with Crippen LogP contribution in [0.4, 0.5) is 4.79 Å². The highest BCUT2D eigenvalue weighted by Gasteiger charge is 2.24. The predicted molar refractivity (Wildman–Crippen MR) is 130 cm³/mol. The summed E-state index contributed by atoms with van der Waals surface area (Å²) in [5.41, 5.74) is 2.75. The van der Waals surface area contributed by atoms with Crippen LogP contribution in [0.1, 0.15) is 57.1 Å². The van der Waals surface area contributed by atoms with Gasteiger partial charge < -0.3 is 19.3 Å². The molecule has 9 nitrogen and oxygen atoms in total. The number of aromatic nitrogens is 3. The number of benzene rings is 2. The van der Waals surface area contributed by atoms with Crippen molar-refractivity contribution in [1.29, 1.82) is 0 Å². The first-order chi connectivity index (χ1) is 17.1. The molecule has 0 amide bonds. The van der Waals surface area contributed by atoms with Gasteiger partial charge in [-0.2, -0.15) is 0 Å². The lowest BCUT2D eigenvalue weighted by atomic mass is 10.0. The fourth-order valence-electron chi connectivity index (χ4n) is 5.14. The molecule has 35 heavy (non-hydrogen) atoms. The average molecular weight is 481 g/mol. The van der Waals surface area contributed by atoms with E-state index in [1.54, 1.807) is 12.1 Å². The van der Waals surface area contributed by atoms with Gasteiger partial charge in [-0.25, -0.2) is 9.48 Å². The molecule has 0 radical (unpaired) electrons. The smallest absolute Gasteiger partial charge is 0.490 e. The number of ether oxygens (including phenoxy) is 3. The second kappa shape index (κ2) is 10.5. The van der Waals surface area contributed by atoms with Crippen molar-refractivity contribution in [3.05, 3.63) is 42.0 Å². The van der Waals surface area contributed by atoms with E-state index in [-0.39, 0.29) is 11.8 Å². The highest BCUT2D eigenvalue weighted by molar-refractivity contribution is 5.77. The Hall–Kier alpha value is -3.33. The van der Waals surface area contributed by atoms with Gasteiger partial charge in [0.05, 0.1) is 24.3 Å². The van der Waals surface area contributed by atoms with Gasteiger partial charge >= 0.3 is 6.16 Å². The zero-order valence-corrected chi connectivity index (χ0v) is 20.1. The van der Waals surface area contributed by atoms with E-state index in [0.29, 0.717) is 18.2 Å². The van der Waals surface area contributed by atoms with Crippen LogP contribution in [0.2, 0.25) is 0 Å². The Morgan fingerprint density at radius 2 is 1.86 bits per heavy atom. The summed E-state index contributed by atoms with van der Waals surface area (Å²) in [4.78, 5) is 13.2. The minimum atomic E-state index is -1.34. The summed E-state index contributed by atoms with van der Waals surface area (Å²) in [6.07, 6.45) is 5.64. The van der Waals surface area contributed by atoms with Crippen molar-refractivity contribution in [3.63, 3.8) is 0 Å². The van der Waals surface area contributed by atoms with Crippen LogP contribution >= 0.6 is 0 Å². The Kier molecular flexibility index (Phi) is 7.03. The number of piperidine rings is 1. The molecule has 1 aromatic heterocycles. The van der Waals surface area contributed by atoms with Crippen LogP contribution in [0.3, 0.4) is 0 Å². The molecule has 3 aromatic rings. The molecule has 2 heterocycles. The molecule has 0 atom stereocenters. The number of rotatable bonds is 8. The number of likely N-dealkylation sites (tertiary alicyclic amines) is 1. The maximum absolute atomic E-state index is 10.8. The van der Waals surface area contributed by atoms with Crippen molar-refractivity contribution in [2.45, 2.75) is 64.1 Å². The third-order valence-corrected chi connectivity index (χ3v) is 6.86. The van der Waals surface area contributed by atoms with Gasteiger partial charge in [0, 0.05) is 25.7 Å². The van der Waals surface area contributed by atoms with E-state index in [9.17, 15) is 4.79 Å². The molecule has 2 fully saturated rings. The molecule has 2 aromatic carbocycles. The van der Waals surface area contributed by atoms with Gasteiger partial charge in [0.25, 0.3) is 0 Å². The number of nitrogens with zero attached hydrogens (tertiary/aromatic N) is 4. The van der Waals surface area contributed by atoms with Gasteiger partial charge in [-0.15, -0.1) is 5.10 Å². The first-order valence-corrected chi connectivity index (χ1v) is 12.5. The molecule has 0 bridgehead atoms. The van der Waals surface area contributed by atoms with Crippen molar-refractivity contribution in [2.24, 2.45) is 0 Å². The Morgan fingerprint density at radius 3 is 2.60 bits per heavy atom. The fourth-order valence-corrected chi connectivity index (χ4v) is 5.14. The SMILES string of the molecule is CCOc1cc(CN2CCC(n3nnc4cc(OC(=O)O)ccc43)CC2)ccc1OC1CCCC1. The molecule has 1 N–H and O–H groups in total. The summed E-state index contributed by atoms with van der Waals surface area (Å²) < 4.78 is 18.8. The molecular formula is C26H32N4O5. The van der Waals surface area contributed by atoms with E-state index in [4.69, 9.17) is 19.3 Å². The number of carboxylic acid groups (broad SMARTS) is 1. The average Bonchev–Trinajstić information content (AvgIpc) is 3.51. The molecular weight excluding hydrogens is 448 g/mol. The van der Waals surface area contributed by atoms with Crippen molar-refractivity contribution in [3.8, 4) is 17.2 Å². The van der Waals surface area contributed by atoms with Crippen LogP contribution in [-0.2, 0) is 6.54 Å². The third kappa shape index (κ3) is 5.51. The van der Waals surface area contributed by atoms with E-state index < -0.39 is 6.16 Å². The zero-order chi connectivity index (χ0) is 24.2. The minimum absolute atomic E-state index is 0.248. The lowest BCUT2D eigenvalue weighted by Gasteiger charge is -2.32. The van der Waals surface area contributed by atoms with E-state index in [0.717, 1.165) is 62.3 Å². The molecule has 0 unspecified atom stereocenters. The van der Waals surface area contributed by atoms with Gasteiger partial charge in [0.2, 0.25) is 0 Å². The molecule has 5 rings (SSSR count). The zero-order valence-electron chi connectivity index (χ0n) is 20.1. The molecule has 1 aliphatic heterocycles. The fraction of sp³-hybridized carbons (Fsp3) is 0.500. The van der Waals surface area contributed by atoms with Crippen molar-refractivity contribution in [2.75, 3.05) is 19.7 Å². The summed E-state index contributed by atoms with van der Waals surface area (Å²) >= 11 is 0.